The lowest BCUT2D eigenvalue weighted by atomic mass is 10.2. The van der Waals surface area contributed by atoms with E-state index in [9.17, 15) is 4.39 Å². The van der Waals surface area contributed by atoms with Gasteiger partial charge in [-0.05, 0) is 19.1 Å². The minimum Gasteiger partial charge on any atom is -0.353 e. The van der Waals surface area contributed by atoms with Crippen LogP contribution in [-0.2, 0) is 0 Å². The number of aromatic nitrogens is 3. The van der Waals surface area contributed by atoms with Crippen LogP contribution in [0.1, 0.15) is 12.8 Å². The molecule has 2 fully saturated rings. The minimum absolute atomic E-state index is 0.149. The van der Waals surface area contributed by atoms with Crippen molar-refractivity contribution in [3.8, 4) is 0 Å². The number of piperazine rings is 1. The molecule has 2 aliphatic heterocycles. The Bertz CT molecular complexity index is 731. The van der Waals surface area contributed by atoms with Gasteiger partial charge in [0.2, 0.25) is 0 Å². The molecule has 2 saturated heterocycles. The van der Waals surface area contributed by atoms with Crippen LogP contribution in [0.4, 0.5) is 10.2 Å². The molecule has 0 saturated carbocycles. The molecule has 116 valence electrons. The van der Waals surface area contributed by atoms with Crippen LogP contribution in [0.15, 0.2) is 11.4 Å². The van der Waals surface area contributed by atoms with Crippen molar-refractivity contribution in [1.82, 2.24) is 20.3 Å². The van der Waals surface area contributed by atoms with Gasteiger partial charge in [-0.1, -0.05) is 23.4 Å². The molecule has 0 radical (unpaired) electrons. The fourth-order valence-electron chi connectivity index (χ4n) is 3.30. The summed E-state index contributed by atoms with van der Waals surface area (Å²) in [7, 11) is 0. The number of hydrogen-bond donors (Lipinski definition) is 1. The average Bonchev–Trinajstić information content (AvgIpc) is 2.88. The third-order valence-corrected chi connectivity index (χ3v) is 5.11. The maximum atomic E-state index is 14.3. The first-order chi connectivity index (χ1) is 10.7. The smallest absolute Gasteiger partial charge is 0.189 e. The summed E-state index contributed by atoms with van der Waals surface area (Å²) in [5.41, 5.74) is 0.250. The van der Waals surface area contributed by atoms with Crippen molar-refractivity contribution in [2.75, 3.05) is 24.2 Å². The molecule has 0 amide bonds. The maximum Gasteiger partial charge on any atom is 0.189 e. The summed E-state index contributed by atoms with van der Waals surface area (Å²) in [4.78, 5) is 15.0. The second-order valence-corrected chi connectivity index (χ2v) is 6.83. The molecule has 4 rings (SSSR count). The molecule has 0 aliphatic carbocycles. The molecule has 2 aromatic rings. The van der Waals surface area contributed by atoms with Gasteiger partial charge in [0.15, 0.2) is 16.1 Å². The average molecular weight is 340 g/mol. The van der Waals surface area contributed by atoms with E-state index in [1.807, 2.05) is 6.26 Å². The van der Waals surface area contributed by atoms with E-state index in [2.05, 4.69) is 25.2 Å². The lowest BCUT2D eigenvalue weighted by molar-refractivity contribution is 0.463. The number of nitrogens with zero attached hydrogens (tertiary/aromatic N) is 4. The lowest BCUT2D eigenvalue weighted by Gasteiger charge is -2.34. The van der Waals surface area contributed by atoms with Crippen molar-refractivity contribution in [3.05, 3.63) is 17.2 Å². The number of thioether (sulfide) groups is 1. The zero-order valence-electron chi connectivity index (χ0n) is 12.0. The van der Waals surface area contributed by atoms with Crippen molar-refractivity contribution in [2.45, 2.75) is 30.1 Å². The molecule has 2 aromatic heterocycles. The van der Waals surface area contributed by atoms with Crippen LogP contribution in [0.25, 0.3) is 10.9 Å². The Hall–Kier alpha value is -1.18. The minimum atomic E-state index is -0.573. The van der Waals surface area contributed by atoms with E-state index in [1.54, 1.807) is 6.20 Å². The molecule has 2 bridgehead atoms. The summed E-state index contributed by atoms with van der Waals surface area (Å²) in [6.45, 7) is 1.75. The van der Waals surface area contributed by atoms with Crippen molar-refractivity contribution < 1.29 is 4.39 Å². The largest absolute Gasteiger partial charge is 0.353 e. The molecule has 4 heterocycles. The third kappa shape index (κ3) is 2.31. The molecule has 2 unspecified atom stereocenters. The second kappa shape index (κ2) is 5.47. The number of nitrogens with one attached hydrogen (secondary N) is 1. The van der Waals surface area contributed by atoms with Crippen molar-refractivity contribution in [2.24, 2.45) is 0 Å². The Morgan fingerprint density at radius 1 is 1.32 bits per heavy atom. The highest BCUT2D eigenvalue weighted by molar-refractivity contribution is 7.98. The van der Waals surface area contributed by atoms with Gasteiger partial charge in [0, 0.05) is 31.4 Å². The monoisotopic (exact) mass is 339 g/mol. The molecule has 8 heteroatoms. The first-order valence-electron chi connectivity index (χ1n) is 7.22. The SMILES string of the molecule is CSc1nc(N2CC3CCC(C2)N3)c2cnc(Cl)c(F)c2n1. The van der Waals surface area contributed by atoms with E-state index in [1.165, 1.54) is 24.6 Å². The standard InChI is InChI=1S/C14H15ClFN5S/c1-22-14-19-11-9(4-17-12(15)10(11)16)13(20-14)21-5-7-2-3-8(6-21)18-7/h4,7-8,18H,2-3,5-6H2,1H3. The second-order valence-electron chi connectivity index (χ2n) is 5.70. The zero-order chi connectivity index (χ0) is 15.3. The number of halogens is 2. The summed E-state index contributed by atoms with van der Waals surface area (Å²) >= 11 is 7.20. The van der Waals surface area contributed by atoms with E-state index >= 15 is 0 Å². The Morgan fingerprint density at radius 3 is 2.73 bits per heavy atom. The summed E-state index contributed by atoms with van der Waals surface area (Å²) in [6.07, 6.45) is 5.81. The maximum absolute atomic E-state index is 14.3. The van der Waals surface area contributed by atoms with Crippen molar-refractivity contribution >= 4 is 40.1 Å². The lowest BCUT2D eigenvalue weighted by Crippen LogP contribution is -2.51. The quantitative estimate of drug-likeness (QED) is 0.515. The van der Waals surface area contributed by atoms with Gasteiger partial charge in [0.25, 0.3) is 0 Å². The van der Waals surface area contributed by atoms with Crippen LogP contribution in [-0.4, -0.2) is 46.4 Å². The number of fused-ring (bicyclic) bond motifs is 3. The normalized spacial score (nSPS) is 24.2. The van der Waals surface area contributed by atoms with Crippen molar-refractivity contribution in [3.63, 3.8) is 0 Å². The van der Waals surface area contributed by atoms with Crippen LogP contribution in [0.5, 0.6) is 0 Å². The van der Waals surface area contributed by atoms with Gasteiger partial charge in [-0.15, -0.1) is 0 Å². The van der Waals surface area contributed by atoms with E-state index in [0.29, 0.717) is 22.6 Å². The van der Waals surface area contributed by atoms with Gasteiger partial charge in [-0.25, -0.2) is 19.3 Å². The fraction of sp³-hybridized carbons (Fsp3) is 0.500. The topological polar surface area (TPSA) is 53.9 Å². The Balaban J connectivity index is 1.87. The van der Waals surface area contributed by atoms with Crippen LogP contribution in [0, 0.1) is 5.82 Å². The van der Waals surface area contributed by atoms with Gasteiger partial charge < -0.3 is 10.2 Å². The molecular formula is C14H15ClFN5S. The van der Waals surface area contributed by atoms with E-state index < -0.39 is 5.82 Å². The number of rotatable bonds is 2. The fourth-order valence-corrected chi connectivity index (χ4v) is 3.80. The van der Waals surface area contributed by atoms with Gasteiger partial charge in [0.1, 0.15) is 11.3 Å². The molecule has 2 aliphatic rings. The predicted molar refractivity (Wildman–Crippen MR) is 86.2 cm³/mol. The summed E-state index contributed by atoms with van der Waals surface area (Å²) < 4.78 is 14.3. The van der Waals surface area contributed by atoms with E-state index in [0.717, 1.165) is 18.9 Å². The first kappa shape index (κ1) is 14.4. The van der Waals surface area contributed by atoms with Gasteiger partial charge in [-0.2, -0.15) is 0 Å². The summed E-state index contributed by atoms with van der Waals surface area (Å²) in [6, 6.07) is 0.957. The molecule has 5 nitrogen and oxygen atoms in total. The first-order valence-corrected chi connectivity index (χ1v) is 8.82. The highest BCUT2D eigenvalue weighted by Gasteiger charge is 2.33. The van der Waals surface area contributed by atoms with Crippen molar-refractivity contribution in [1.29, 1.82) is 0 Å². The third-order valence-electron chi connectivity index (χ3n) is 4.30. The van der Waals surface area contributed by atoms with Gasteiger partial charge in [-0.3, -0.25) is 0 Å². The van der Waals surface area contributed by atoms with Gasteiger partial charge in [0.05, 0.1) is 5.39 Å². The number of pyridine rings is 1. The molecule has 1 N–H and O–H groups in total. The summed E-state index contributed by atoms with van der Waals surface area (Å²) in [5, 5.41) is 4.61. The van der Waals surface area contributed by atoms with Crippen LogP contribution in [0.2, 0.25) is 5.15 Å². The number of anilines is 1. The Kier molecular flexibility index (Phi) is 3.58. The predicted octanol–water partition coefficient (Wildman–Crippen LogP) is 2.48. The van der Waals surface area contributed by atoms with Crippen LogP contribution >= 0.6 is 23.4 Å². The number of hydrogen-bond acceptors (Lipinski definition) is 6. The molecular weight excluding hydrogens is 325 g/mol. The molecule has 0 spiro atoms. The molecule has 0 aromatic carbocycles. The highest BCUT2D eigenvalue weighted by atomic mass is 35.5. The summed E-state index contributed by atoms with van der Waals surface area (Å²) in [5.74, 6) is 0.187. The zero-order valence-corrected chi connectivity index (χ0v) is 13.6. The van der Waals surface area contributed by atoms with E-state index in [4.69, 9.17) is 11.6 Å². The molecule has 22 heavy (non-hydrogen) atoms. The van der Waals surface area contributed by atoms with Crippen LogP contribution in [0.3, 0.4) is 0 Å². The Morgan fingerprint density at radius 2 is 2.05 bits per heavy atom. The van der Waals surface area contributed by atoms with Crippen LogP contribution < -0.4 is 10.2 Å². The van der Waals surface area contributed by atoms with Gasteiger partial charge >= 0.3 is 0 Å². The van der Waals surface area contributed by atoms with E-state index in [-0.39, 0.29) is 10.7 Å². The highest BCUT2D eigenvalue weighted by Crippen LogP contribution is 2.32. The Labute approximate surface area is 136 Å². The molecule has 2 atom stereocenters.